The van der Waals surface area contributed by atoms with E-state index in [9.17, 15) is 9.18 Å². The van der Waals surface area contributed by atoms with Crippen molar-refractivity contribution in [3.8, 4) is 0 Å². The van der Waals surface area contributed by atoms with Crippen molar-refractivity contribution in [2.24, 2.45) is 0 Å². The van der Waals surface area contributed by atoms with Gasteiger partial charge in [0.1, 0.15) is 11.9 Å². The number of halogens is 1. The maximum absolute atomic E-state index is 14.2. The van der Waals surface area contributed by atoms with Crippen molar-refractivity contribution in [2.75, 3.05) is 0 Å². The minimum atomic E-state index is -0.900. The van der Waals surface area contributed by atoms with Gasteiger partial charge in [0.15, 0.2) is 11.5 Å². The van der Waals surface area contributed by atoms with Crippen molar-refractivity contribution in [3.05, 3.63) is 59.3 Å². The van der Waals surface area contributed by atoms with E-state index in [4.69, 9.17) is 4.52 Å². The molecule has 0 aliphatic carbocycles. The third-order valence-corrected chi connectivity index (χ3v) is 3.39. The van der Waals surface area contributed by atoms with Crippen LogP contribution in [-0.2, 0) is 6.54 Å². The summed E-state index contributed by atoms with van der Waals surface area (Å²) in [7, 11) is 0. The average Bonchev–Trinajstić information content (AvgIpc) is 3.22. The number of hydrogen-bond donors (Lipinski definition) is 1. The molecule has 1 amide bonds. The maximum atomic E-state index is 14.2. The van der Waals surface area contributed by atoms with E-state index in [1.807, 2.05) is 6.92 Å². The highest BCUT2D eigenvalue weighted by atomic mass is 19.1. The molecule has 24 heavy (non-hydrogen) atoms. The molecular weight excluding hydrogens is 315 g/mol. The summed E-state index contributed by atoms with van der Waals surface area (Å²) in [4.78, 5) is 16.5. The predicted molar refractivity (Wildman–Crippen MR) is 80.4 cm³/mol. The first-order valence-corrected chi connectivity index (χ1v) is 7.34. The summed E-state index contributed by atoms with van der Waals surface area (Å²) in [5, 5.41) is 14.1. The molecule has 3 rings (SSSR count). The molecule has 8 nitrogen and oxygen atoms in total. The Hall–Kier alpha value is -3.10. The van der Waals surface area contributed by atoms with Crippen molar-refractivity contribution in [1.29, 1.82) is 0 Å². The molecule has 0 radical (unpaired) electrons. The maximum Gasteiger partial charge on any atom is 0.274 e. The average molecular weight is 330 g/mol. The Morgan fingerprint density at radius 3 is 2.83 bits per heavy atom. The molecule has 1 atom stereocenters. The van der Waals surface area contributed by atoms with Crippen molar-refractivity contribution in [2.45, 2.75) is 26.4 Å². The molecular formula is C15H15FN6O2. The van der Waals surface area contributed by atoms with E-state index >= 15 is 0 Å². The second-order valence-corrected chi connectivity index (χ2v) is 5.06. The second-order valence-electron chi connectivity index (χ2n) is 5.06. The smallest absolute Gasteiger partial charge is 0.274 e. The number of aryl methyl sites for hydroxylation is 2. The third kappa shape index (κ3) is 3.14. The summed E-state index contributed by atoms with van der Waals surface area (Å²) in [6, 6.07) is 5.18. The molecule has 1 N–H and O–H groups in total. The molecule has 9 heteroatoms. The Morgan fingerprint density at radius 2 is 2.21 bits per heavy atom. The Morgan fingerprint density at radius 1 is 1.42 bits per heavy atom. The number of amides is 1. The SMILES string of the molecule is CCn1cc(C(=O)NC(c2noc(C)n2)c2ccccc2F)nn1. The van der Waals surface area contributed by atoms with Crippen LogP contribution in [0.1, 0.15) is 40.7 Å². The number of rotatable bonds is 5. The number of nitrogens with one attached hydrogen (secondary N) is 1. The zero-order valence-corrected chi connectivity index (χ0v) is 13.1. The van der Waals surface area contributed by atoms with Crippen LogP contribution in [0.3, 0.4) is 0 Å². The van der Waals surface area contributed by atoms with Gasteiger partial charge in [-0.3, -0.25) is 9.48 Å². The van der Waals surface area contributed by atoms with E-state index in [0.29, 0.717) is 12.4 Å². The van der Waals surface area contributed by atoms with Gasteiger partial charge in [-0.15, -0.1) is 5.10 Å². The van der Waals surface area contributed by atoms with Crippen molar-refractivity contribution < 1.29 is 13.7 Å². The van der Waals surface area contributed by atoms with E-state index in [-0.39, 0.29) is 17.1 Å². The molecule has 0 fully saturated rings. The minimum Gasteiger partial charge on any atom is -0.340 e. The highest BCUT2D eigenvalue weighted by Crippen LogP contribution is 2.22. The van der Waals surface area contributed by atoms with E-state index in [1.54, 1.807) is 25.1 Å². The standard InChI is InChI=1S/C15H15FN6O2/c1-3-22-8-12(19-21-22)15(23)18-13(14-17-9(2)24-20-14)10-6-4-5-7-11(10)16/h4-8,13H,3H2,1-2H3,(H,18,23). The molecule has 0 aliphatic heterocycles. The lowest BCUT2D eigenvalue weighted by atomic mass is 10.1. The van der Waals surface area contributed by atoms with E-state index < -0.39 is 17.8 Å². The van der Waals surface area contributed by atoms with Gasteiger partial charge in [0, 0.05) is 19.0 Å². The van der Waals surface area contributed by atoms with Crippen molar-refractivity contribution in [3.63, 3.8) is 0 Å². The van der Waals surface area contributed by atoms with Crippen LogP contribution < -0.4 is 5.32 Å². The summed E-state index contributed by atoms with van der Waals surface area (Å²) in [6.45, 7) is 4.07. The molecule has 0 spiro atoms. The highest BCUT2D eigenvalue weighted by molar-refractivity contribution is 5.92. The first-order chi connectivity index (χ1) is 11.6. The molecule has 0 bridgehead atoms. The fourth-order valence-corrected chi connectivity index (χ4v) is 2.18. The molecule has 124 valence electrons. The normalized spacial score (nSPS) is 12.1. The molecule has 2 aromatic heterocycles. The lowest BCUT2D eigenvalue weighted by Crippen LogP contribution is -2.31. The molecule has 2 heterocycles. The molecule has 3 aromatic rings. The van der Waals surface area contributed by atoms with Crippen LogP contribution in [-0.4, -0.2) is 31.0 Å². The first-order valence-electron chi connectivity index (χ1n) is 7.34. The number of carbonyl (C=O) groups excluding carboxylic acids is 1. The Labute approximate surface area is 136 Å². The van der Waals surface area contributed by atoms with Gasteiger partial charge in [0.05, 0.1) is 6.20 Å². The number of nitrogens with zero attached hydrogens (tertiary/aromatic N) is 5. The monoisotopic (exact) mass is 330 g/mol. The predicted octanol–water partition coefficient (Wildman–Crippen LogP) is 1.65. The van der Waals surface area contributed by atoms with Gasteiger partial charge in [-0.1, -0.05) is 28.6 Å². The van der Waals surface area contributed by atoms with Gasteiger partial charge in [0.25, 0.3) is 5.91 Å². The summed E-state index contributed by atoms with van der Waals surface area (Å²) >= 11 is 0. The van der Waals surface area contributed by atoms with E-state index in [0.717, 1.165) is 0 Å². The Kier molecular flexibility index (Phi) is 4.32. The van der Waals surface area contributed by atoms with Crippen molar-refractivity contribution in [1.82, 2.24) is 30.5 Å². The first kappa shape index (κ1) is 15.8. The van der Waals surface area contributed by atoms with Gasteiger partial charge in [-0.05, 0) is 13.0 Å². The Balaban J connectivity index is 1.93. The summed E-state index contributed by atoms with van der Waals surface area (Å²) in [5.74, 6) is -0.515. The second kappa shape index (κ2) is 6.57. The van der Waals surface area contributed by atoms with E-state index in [2.05, 4.69) is 25.8 Å². The summed E-state index contributed by atoms with van der Waals surface area (Å²) < 4.78 is 20.6. The van der Waals surface area contributed by atoms with Crippen LogP contribution in [0.2, 0.25) is 0 Å². The van der Waals surface area contributed by atoms with E-state index in [1.165, 1.54) is 16.9 Å². The molecule has 1 unspecified atom stereocenters. The zero-order valence-electron chi connectivity index (χ0n) is 13.1. The van der Waals surface area contributed by atoms with Gasteiger partial charge in [-0.25, -0.2) is 4.39 Å². The fourth-order valence-electron chi connectivity index (χ4n) is 2.18. The van der Waals surface area contributed by atoms with Crippen molar-refractivity contribution >= 4 is 5.91 Å². The van der Waals surface area contributed by atoms with Gasteiger partial charge < -0.3 is 9.84 Å². The van der Waals surface area contributed by atoms with Crippen LogP contribution in [0.4, 0.5) is 4.39 Å². The third-order valence-electron chi connectivity index (χ3n) is 3.39. The molecule has 0 saturated carbocycles. The number of carbonyl (C=O) groups is 1. The minimum absolute atomic E-state index is 0.124. The van der Waals surface area contributed by atoms with Gasteiger partial charge >= 0.3 is 0 Å². The zero-order chi connectivity index (χ0) is 17.1. The number of hydrogen-bond acceptors (Lipinski definition) is 6. The largest absolute Gasteiger partial charge is 0.340 e. The van der Waals surface area contributed by atoms with Crippen LogP contribution in [0.5, 0.6) is 0 Å². The van der Waals surface area contributed by atoms with Crippen LogP contribution in [0.25, 0.3) is 0 Å². The lowest BCUT2D eigenvalue weighted by Gasteiger charge is -2.15. The molecule has 0 saturated heterocycles. The van der Waals surface area contributed by atoms with Crippen LogP contribution >= 0.6 is 0 Å². The van der Waals surface area contributed by atoms with Gasteiger partial charge in [0.2, 0.25) is 5.89 Å². The topological polar surface area (TPSA) is 98.7 Å². The lowest BCUT2D eigenvalue weighted by molar-refractivity contribution is 0.0935. The Bertz CT molecular complexity index is 859. The summed E-state index contributed by atoms with van der Waals surface area (Å²) in [5.41, 5.74) is 0.355. The molecule has 0 aliphatic rings. The van der Waals surface area contributed by atoms with Crippen LogP contribution in [0, 0.1) is 12.7 Å². The summed E-state index contributed by atoms with van der Waals surface area (Å²) in [6.07, 6.45) is 1.51. The highest BCUT2D eigenvalue weighted by Gasteiger charge is 2.26. The number of aromatic nitrogens is 5. The molecule has 1 aromatic carbocycles. The van der Waals surface area contributed by atoms with Gasteiger partial charge in [-0.2, -0.15) is 4.98 Å². The van der Waals surface area contributed by atoms with Crippen LogP contribution in [0.15, 0.2) is 35.0 Å². The number of benzene rings is 1. The fraction of sp³-hybridized carbons (Fsp3) is 0.267. The quantitative estimate of drug-likeness (QED) is 0.764.